The summed E-state index contributed by atoms with van der Waals surface area (Å²) in [5.74, 6) is -1.04. The van der Waals surface area contributed by atoms with Crippen LogP contribution in [0.4, 0.5) is 13.2 Å². The van der Waals surface area contributed by atoms with E-state index in [1.165, 1.54) is 18.2 Å². The van der Waals surface area contributed by atoms with Crippen LogP contribution in [-0.2, 0) is 6.18 Å². The van der Waals surface area contributed by atoms with E-state index in [1.54, 1.807) is 6.07 Å². The number of fused-ring (bicyclic) bond motifs is 1. The number of halogens is 3. The number of rotatable bonds is 0. The molecule has 0 aliphatic carbocycles. The molecule has 2 aromatic rings. The zero-order valence-electron chi connectivity index (χ0n) is 7.80. The summed E-state index contributed by atoms with van der Waals surface area (Å²) in [7, 11) is 0. The number of H-pyrrole nitrogens is 1. The molecule has 84 valence electrons. The number of alkyl halides is 3. The van der Waals surface area contributed by atoms with Crippen LogP contribution in [0.15, 0.2) is 29.1 Å². The molecule has 0 fully saturated rings. The van der Waals surface area contributed by atoms with Crippen LogP contribution in [0, 0.1) is 0 Å². The number of pyridine rings is 1. The molecular formula is C10H6F3NO2. The second kappa shape index (κ2) is 3.26. The Morgan fingerprint density at radius 1 is 1.19 bits per heavy atom. The number of aromatic nitrogens is 1. The van der Waals surface area contributed by atoms with Crippen molar-refractivity contribution in [2.75, 3.05) is 0 Å². The zero-order valence-corrected chi connectivity index (χ0v) is 7.80. The maximum atomic E-state index is 12.5. The van der Waals surface area contributed by atoms with Gasteiger partial charge in [0.15, 0.2) is 5.56 Å². The fourth-order valence-electron chi connectivity index (χ4n) is 1.49. The molecule has 1 heterocycles. The second-order valence-electron chi connectivity index (χ2n) is 3.22. The standard InChI is InChI=1S/C10H6F3NO2/c11-10(12,13)7-8(15)5-3-1-2-4-6(5)14-9(7)16/h1-4H,(H2,14,15,16). The number of aromatic hydroxyl groups is 1. The highest BCUT2D eigenvalue weighted by molar-refractivity contribution is 5.85. The van der Waals surface area contributed by atoms with Gasteiger partial charge in [-0.1, -0.05) is 12.1 Å². The van der Waals surface area contributed by atoms with E-state index >= 15 is 0 Å². The lowest BCUT2D eigenvalue weighted by Gasteiger charge is -2.09. The topological polar surface area (TPSA) is 53.1 Å². The van der Waals surface area contributed by atoms with Gasteiger partial charge in [0.1, 0.15) is 5.75 Å². The van der Waals surface area contributed by atoms with Crippen molar-refractivity contribution in [2.45, 2.75) is 6.18 Å². The predicted molar refractivity (Wildman–Crippen MR) is 51.2 cm³/mol. The molecule has 0 saturated carbocycles. The van der Waals surface area contributed by atoms with Crippen LogP contribution in [0.1, 0.15) is 5.56 Å². The van der Waals surface area contributed by atoms with Gasteiger partial charge in [0, 0.05) is 5.39 Å². The molecule has 1 aromatic carbocycles. The van der Waals surface area contributed by atoms with Gasteiger partial charge in [0.25, 0.3) is 5.56 Å². The van der Waals surface area contributed by atoms with Gasteiger partial charge < -0.3 is 10.1 Å². The van der Waals surface area contributed by atoms with Crippen LogP contribution < -0.4 is 5.56 Å². The first kappa shape index (κ1) is 10.5. The van der Waals surface area contributed by atoms with Crippen LogP contribution in [0.25, 0.3) is 10.9 Å². The minimum Gasteiger partial charge on any atom is -0.506 e. The Balaban J connectivity index is 2.92. The van der Waals surface area contributed by atoms with E-state index in [0.29, 0.717) is 0 Å². The molecule has 0 bridgehead atoms. The van der Waals surface area contributed by atoms with Crippen molar-refractivity contribution in [1.29, 1.82) is 0 Å². The van der Waals surface area contributed by atoms with Crippen LogP contribution in [0.2, 0.25) is 0 Å². The summed E-state index contributed by atoms with van der Waals surface area (Å²) in [4.78, 5) is 13.2. The molecule has 0 atom stereocenters. The highest BCUT2D eigenvalue weighted by Crippen LogP contribution is 2.36. The number of aromatic amines is 1. The molecule has 0 aliphatic rings. The first-order valence-corrected chi connectivity index (χ1v) is 4.32. The Hall–Kier alpha value is -1.98. The van der Waals surface area contributed by atoms with E-state index in [0.717, 1.165) is 0 Å². The van der Waals surface area contributed by atoms with Crippen molar-refractivity contribution < 1.29 is 18.3 Å². The summed E-state index contributed by atoms with van der Waals surface area (Å²) in [6.07, 6.45) is -4.87. The normalized spacial score (nSPS) is 11.9. The number of nitrogens with one attached hydrogen (secondary N) is 1. The Morgan fingerprint density at radius 3 is 2.44 bits per heavy atom. The molecule has 3 nitrogen and oxygen atoms in total. The third kappa shape index (κ3) is 1.52. The van der Waals surface area contributed by atoms with E-state index < -0.39 is 23.0 Å². The maximum Gasteiger partial charge on any atom is 0.425 e. The van der Waals surface area contributed by atoms with Gasteiger partial charge in [-0.05, 0) is 12.1 Å². The molecule has 0 aliphatic heterocycles. The summed E-state index contributed by atoms with van der Waals surface area (Å²) in [6.45, 7) is 0. The number of para-hydroxylation sites is 1. The van der Waals surface area contributed by atoms with E-state index in [-0.39, 0.29) is 10.9 Å². The first-order chi connectivity index (χ1) is 7.41. The van der Waals surface area contributed by atoms with Crippen molar-refractivity contribution in [3.05, 3.63) is 40.2 Å². The highest BCUT2D eigenvalue weighted by atomic mass is 19.4. The molecule has 6 heteroatoms. The molecule has 16 heavy (non-hydrogen) atoms. The Bertz CT molecular complexity index is 601. The summed E-state index contributed by atoms with van der Waals surface area (Å²) in [5, 5.41) is 9.39. The van der Waals surface area contributed by atoms with Crippen molar-refractivity contribution in [3.8, 4) is 5.75 Å². The lowest BCUT2D eigenvalue weighted by Crippen LogP contribution is -2.21. The van der Waals surface area contributed by atoms with E-state index in [9.17, 15) is 23.1 Å². The van der Waals surface area contributed by atoms with Gasteiger partial charge in [0.2, 0.25) is 0 Å². The summed E-state index contributed by atoms with van der Waals surface area (Å²) < 4.78 is 37.4. The van der Waals surface area contributed by atoms with Crippen LogP contribution >= 0.6 is 0 Å². The zero-order chi connectivity index (χ0) is 11.9. The quantitative estimate of drug-likeness (QED) is 0.727. The Labute approximate surface area is 87.2 Å². The molecule has 0 radical (unpaired) electrons. The first-order valence-electron chi connectivity index (χ1n) is 4.32. The van der Waals surface area contributed by atoms with Crippen LogP contribution in [-0.4, -0.2) is 10.1 Å². The molecule has 2 rings (SSSR count). The monoisotopic (exact) mass is 229 g/mol. The summed E-state index contributed by atoms with van der Waals surface area (Å²) in [6, 6.07) is 5.73. The predicted octanol–water partition coefficient (Wildman–Crippen LogP) is 2.25. The minimum absolute atomic E-state index is 0.0329. The molecule has 0 amide bonds. The summed E-state index contributed by atoms with van der Waals surface area (Å²) >= 11 is 0. The number of hydrogen-bond donors (Lipinski definition) is 2. The fraction of sp³-hybridized carbons (Fsp3) is 0.100. The van der Waals surface area contributed by atoms with Gasteiger partial charge >= 0.3 is 6.18 Å². The lowest BCUT2D eigenvalue weighted by atomic mass is 10.1. The SMILES string of the molecule is O=c1[nH]c2ccccc2c(O)c1C(F)(F)F. The third-order valence-electron chi connectivity index (χ3n) is 2.18. The van der Waals surface area contributed by atoms with E-state index in [4.69, 9.17) is 0 Å². The minimum atomic E-state index is -4.87. The lowest BCUT2D eigenvalue weighted by molar-refractivity contribution is -0.139. The third-order valence-corrected chi connectivity index (χ3v) is 2.18. The van der Waals surface area contributed by atoms with Gasteiger partial charge in [-0.3, -0.25) is 4.79 Å². The van der Waals surface area contributed by atoms with Crippen LogP contribution in [0.3, 0.4) is 0 Å². The van der Waals surface area contributed by atoms with Crippen molar-refractivity contribution in [2.24, 2.45) is 0 Å². The highest BCUT2D eigenvalue weighted by Gasteiger charge is 2.38. The van der Waals surface area contributed by atoms with Crippen molar-refractivity contribution in [3.63, 3.8) is 0 Å². The van der Waals surface area contributed by atoms with Gasteiger partial charge in [0.05, 0.1) is 5.52 Å². The largest absolute Gasteiger partial charge is 0.506 e. The Morgan fingerprint density at radius 2 is 1.81 bits per heavy atom. The molecule has 0 unspecified atom stereocenters. The molecule has 0 saturated heterocycles. The van der Waals surface area contributed by atoms with Gasteiger partial charge in [-0.15, -0.1) is 0 Å². The fourth-order valence-corrected chi connectivity index (χ4v) is 1.49. The van der Waals surface area contributed by atoms with Gasteiger partial charge in [-0.25, -0.2) is 0 Å². The maximum absolute atomic E-state index is 12.5. The second-order valence-corrected chi connectivity index (χ2v) is 3.22. The number of benzene rings is 1. The van der Waals surface area contributed by atoms with Crippen molar-refractivity contribution >= 4 is 10.9 Å². The summed E-state index contributed by atoms with van der Waals surface area (Å²) in [5.41, 5.74) is -2.74. The van der Waals surface area contributed by atoms with Gasteiger partial charge in [-0.2, -0.15) is 13.2 Å². The smallest absolute Gasteiger partial charge is 0.425 e. The molecule has 0 spiro atoms. The molecule has 2 N–H and O–H groups in total. The van der Waals surface area contributed by atoms with Crippen LogP contribution in [0.5, 0.6) is 5.75 Å². The number of hydrogen-bond acceptors (Lipinski definition) is 2. The molecular weight excluding hydrogens is 223 g/mol. The average molecular weight is 229 g/mol. The van der Waals surface area contributed by atoms with E-state index in [1.807, 2.05) is 0 Å². The van der Waals surface area contributed by atoms with E-state index in [2.05, 4.69) is 4.98 Å². The Kier molecular flexibility index (Phi) is 2.15. The average Bonchev–Trinajstić information content (AvgIpc) is 2.15. The van der Waals surface area contributed by atoms with Crippen molar-refractivity contribution in [1.82, 2.24) is 4.98 Å². The molecule has 1 aromatic heterocycles.